The average molecular weight is 304 g/mol. The van der Waals surface area contributed by atoms with Gasteiger partial charge in [-0.2, -0.15) is 0 Å². The average Bonchev–Trinajstić information content (AvgIpc) is 2.47. The van der Waals surface area contributed by atoms with E-state index in [9.17, 15) is 0 Å². The Bertz CT molecular complexity index is 882. The van der Waals surface area contributed by atoms with Gasteiger partial charge in [0.25, 0.3) is 0 Å². The van der Waals surface area contributed by atoms with Crippen LogP contribution in [0.4, 0.5) is 0 Å². The van der Waals surface area contributed by atoms with Crippen molar-refractivity contribution in [3.8, 4) is 11.3 Å². The summed E-state index contributed by atoms with van der Waals surface area (Å²) < 4.78 is 2.24. The van der Waals surface area contributed by atoms with Gasteiger partial charge in [-0.05, 0) is 47.9 Å². The van der Waals surface area contributed by atoms with Gasteiger partial charge in [-0.25, -0.2) is 4.57 Å². The molecular formula is C22H26N+. The van der Waals surface area contributed by atoms with Crippen LogP contribution in [0.5, 0.6) is 0 Å². The third-order valence-electron chi connectivity index (χ3n) is 4.65. The molecule has 0 radical (unpaired) electrons. The van der Waals surface area contributed by atoms with Crippen molar-refractivity contribution >= 4 is 10.8 Å². The molecule has 0 saturated heterocycles. The second kappa shape index (κ2) is 5.49. The summed E-state index contributed by atoms with van der Waals surface area (Å²) in [4.78, 5) is 0. The van der Waals surface area contributed by atoms with Crippen LogP contribution in [0.25, 0.3) is 22.0 Å². The summed E-state index contributed by atoms with van der Waals surface area (Å²) in [5.41, 5.74) is 6.78. The fourth-order valence-corrected chi connectivity index (χ4v) is 3.17. The lowest BCUT2D eigenvalue weighted by Gasteiger charge is -2.20. The van der Waals surface area contributed by atoms with E-state index in [2.05, 4.69) is 94.9 Å². The molecule has 1 aromatic heterocycles. The maximum atomic E-state index is 2.37. The molecule has 0 unspecified atom stereocenters. The van der Waals surface area contributed by atoms with Gasteiger partial charge < -0.3 is 0 Å². The lowest BCUT2D eigenvalue weighted by Crippen LogP contribution is -2.31. The van der Waals surface area contributed by atoms with Gasteiger partial charge in [0, 0.05) is 11.6 Å². The van der Waals surface area contributed by atoms with E-state index in [1.54, 1.807) is 0 Å². The van der Waals surface area contributed by atoms with E-state index in [0.717, 1.165) is 0 Å². The number of rotatable bonds is 1. The molecule has 3 aromatic rings. The van der Waals surface area contributed by atoms with Gasteiger partial charge in [0.2, 0.25) is 5.69 Å². The van der Waals surface area contributed by atoms with Crippen LogP contribution in [0.2, 0.25) is 0 Å². The summed E-state index contributed by atoms with van der Waals surface area (Å²) in [7, 11) is 2.14. The molecule has 2 aromatic carbocycles. The number of nitrogens with zero attached hydrogens (tertiary/aromatic N) is 1. The first-order chi connectivity index (χ1) is 10.8. The number of fused-ring (bicyclic) bond motifs is 1. The second-order valence-corrected chi connectivity index (χ2v) is 7.65. The lowest BCUT2D eigenvalue weighted by atomic mass is 9.84. The Morgan fingerprint density at radius 1 is 0.870 bits per heavy atom. The third-order valence-corrected chi connectivity index (χ3v) is 4.65. The van der Waals surface area contributed by atoms with Crippen LogP contribution in [-0.2, 0) is 12.5 Å². The highest BCUT2D eigenvalue weighted by molar-refractivity contribution is 5.94. The molecule has 0 aliphatic heterocycles. The summed E-state index contributed by atoms with van der Waals surface area (Å²) in [5.74, 6) is 0. The predicted molar refractivity (Wildman–Crippen MR) is 98.7 cm³/mol. The minimum Gasteiger partial charge on any atom is -0.200 e. The summed E-state index contributed by atoms with van der Waals surface area (Å²) in [6.07, 6.45) is 2.17. The van der Waals surface area contributed by atoms with E-state index in [4.69, 9.17) is 0 Å². The molecule has 0 spiro atoms. The van der Waals surface area contributed by atoms with E-state index < -0.39 is 0 Å². The molecule has 1 heteroatoms. The molecule has 1 nitrogen and oxygen atoms in total. The number of aryl methyl sites for hydroxylation is 3. The molecule has 0 aliphatic carbocycles. The van der Waals surface area contributed by atoms with Crippen molar-refractivity contribution in [3.05, 3.63) is 65.4 Å². The molecule has 0 bridgehead atoms. The Morgan fingerprint density at radius 3 is 2.30 bits per heavy atom. The van der Waals surface area contributed by atoms with Crippen LogP contribution in [0.3, 0.4) is 0 Å². The van der Waals surface area contributed by atoms with Crippen molar-refractivity contribution in [2.45, 2.75) is 40.0 Å². The predicted octanol–water partition coefficient (Wildman–Crippen LogP) is 5.25. The molecule has 0 fully saturated rings. The van der Waals surface area contributed by atoms with E-state index in [1.165, 1.54) is 38.7 Å². The quantitative estimate of drug-likeness (QED) is 0.541. The minimum atomic E-state index is 0.155. The lowest BCUT2D eigenvalue weighted by molar-refractivity contribution is -0.659. The van der Waals surface area contributed by atoms with Gasteiger partial charge in [-0.3, -0.25) is 0 Å². The Kier molecular flexibility index (Phi) is 3.75. The fourth-order valence-electron chi connectivity index (χ4n) is 3.17. The van der Waals surface area contributed by atoms with Crippen LogP contribution in [0.15, 0.2) is 48.7 Å². The van der Waals surface area contributed by atoms with Crippen molar-refractivity contribution in [2.75, 3.05) is 0 Å². The Morgan fingerprint density at radius 2 is 1.61 bits per heavy atom. The summed E-state index contributed by atoms with van der Waals surface area (Å²) in [6.45, 7) is 11.2. The second-order valence-electron chi connectivity index (χ2n) is 7.65. The van der Waals surface area contributed by atoms with Crippen LogP contribution < -0.4 is 4.57 Å². The Labute approximate surface area is 139 Å². The first-order valence-corrected chi connectivity index (χ1v) is 8.28. The van der Waals surface area contributed by atoms with E-state index in [0.29, 0.717) is 0 Å². The maximum Gasteiger partial charge on any atom is 0.220 e. The molecule has 23 heavy (non-hydrogen) atoms. The topological polar surface area (TPSA) is 3.88 Å². The van der Waals surface area contributed by atoms with Crippen LogP contribution in [-0.4, -0.2) is 0 Å². The summed E-state index contributed by atoms with van der Waals surface area (Å²) >= 11 is 0. The number of benzene rings is 2. The van der Waals surface area contributed by atoms with Crippen LogP contribution in [0, 0.1) is 13.8 Å². The molecule has 0 aliphatic rings. The van der Waals surface area contributed by atoms with Gasteiger partial charge in [0.1, 0.15) is 7.05 Å². The first-order valence-electron chi connectivity index (χ1n) is 8.28. The molecule has 0 atom stereocenters. The highest BCUT2D eigenvalue weighted by atomic mass is 14.9. The van der Waals surface area contributed by atoms with Crippen molar-refractivity contribution in [1.29, 1.82) is 0 Å². The van der Waals surface area contributed by atoms with E-state index >= 15 is 0 Å². The monoisotopic (exact) mass is 304 g/mol. The molecule has 0 saturated carbocycles. The van der Waals surface area contributed by atoms with Gasteiger partial charge in [-0.15, -0.1) is 0 Å². The Balaban J connectivity index is 2.34. The SMILES string of the molecule is Cc1ccc2c(-c3cc(C(C)(C)C)ccc3C)[n+](C)ccc2c1. The van der Waals surface area contributed by atoms with E-state index in [1.807, 2.05) is 0 Å². The molecule has 118 valence electrons. The highest BCUT2D eigenvalue weighted by Gasteiger charge is 2.20. The van der Waals surface area contributed by atoms with Crippen molar-refractivity contribution in [3.63, 3.8) is 0 Å². The number of pyridine rings is 1. The number of hydrogen-bond acceptors (Lipinski definition) is 0. The maximum absolute atomic E-state index is 2.37. The Hall–Kier alpha value is -2.15. The number of hydrogen-bond donors (Lipinski definition) is 0. The van der Waals surface area contributed by atoms with Crippen molar-refractivity contribution in [2.24, 2.45) is 7.05 Å². The van der Waals surface area contributed by atoms with Crippen molar-refractivity contribution in [1.82, 2.24) is 0 Å². The molecular weight excluding hydrogens is 278 g/mol. The fraction of sp³-hybridized carbons (Fsp3) is 0.318. The van der Waals surface area contributed by atoms with Gasteiger partial charge in [0.15, 0.2) is 6.20 Å². The zero-order valence-electron chi connectivity index (χ0n) is 15.1. The standard InChI is InChI=1S/C22H26N/c1-15-7-10-19-17(13-15)11-12-23(6)21(19)20-14-18(22(3,4)5)9-8-16(20)2/h7-14H,1-6H3/q+1. The first kappa shape index (κ1) is 15.7. The zero-order valence-corrected chi connectivity index (χ0v) is 15.1. The summed E-state index contributed by atoms with van der Waals surface area (Å²) in [6, 6.07) is 15.8. The molecule has 0 N–H and O–H groups in total. The summed E-state index contributed by atoms with van der Waals surface area (Å²) in [5, 5.41) is 2.62. The smallest absolute Gasteiger partial charge is 0.200 e. The number of aromatic nitrogens is 1. The third kappa shape index (κ3) is 2.88. The van der Waals surface area contributed by atoms with Gasteiger partial charge >= 0.3 is 0 Å². The normalized spacial score (nSPS) is 11.9. The highest BCUT2D eigenvalue weighted by Crippen LogP contribution is 2.32. The van der Waals surface area contributed by atoms with Crippen LogP contribution in [0.1, 0.15) is 37.5 Å². The van der Waals surface area contributed by atoms with E-state index in [-0.39, 0.29) is 5.41 Å². The van der Waals surface area contributed by atoms with Crippen molar-refractivity contribution < 1.29 is 4.57 Å². The largest absolute Gasteiger partial charge is 0.220 e. The molecule has 0 amide bonds. The van der Waals surface area contributed by atoms with Crippen LogP contribution >= 0.6 is 0 Å². The zero-order chi connectivity index (χ0) is 16.8. The molecule has 1 heterocycles. The van der Waals surface area contributed by atoms with Gasteiger partial charge in [-0.1, -0.05) is 50.6 Å². The minimum absolute atomic E-state index is 0.155. The van der Waals surface area contributed by atoms with Gasteiger partial charge in [0.05, 0.1) is 5.39 Å². The molecule has 3 rings (SSSR count).